The molecular formula is C15H19FN2O2. The van der Waals surface area contributed by atoms with E-state index in [1.54, 1.807) is 12.1 Å². The minimum Gasteiger partial charge on any atom is -0.493 e. The first-order valence-corrected chi connectivity index (χ1v) is 7.17. The van der Waals surface area contributed by atoms with Crippen molar-refractivity contribution in [3.8, 4) is 5.75 Å². The molecule has 2 aliphatic heterocycles. The first-order chi connectivity index (χ1) is 9.72. The number of rotatable bonds is 2. The normalized spacial score (nSPS) is 26.1. The highest BCUT2D eigenvalue weighted by Gasteiger charge is 2.25. The number of hydrogen-bond acceptors (Lipinski definition) is 3. The highest BCUT2D eigenvalue weighted by Crippen LogP contribution is 2.32. The zero-order valence-corrected chi connectivity index (χ0v) is 11.3. The van der Waals surface area contributed by atoms with E-state index in [2.05, 4.69) is 10.6 Å². The fourth-order valence-corrected chi connectivity index (χ4v) is 2.88. The van der Waals surface area contributed by atoms with Crippen molar-refractivity contribution in [1.82, 2.24) is 10.6 Å². The zero-order chi connectivity index (χ0) is 13.9. The summed E-state index contributed by atoms with van der Waals surface area (Å²) in [5, 5.41) is 6.41. The van der Waals surface area contributed by atoms with E-state index in [4.69, 9.17) is 4.74 Å². The zero-order valence-electron chi connectivity index (χ0n) is 11.3. The van der Waals surface area contributed by atoms with E-state index < -0.39 is 0 Å². The summed E-state index contributed by atoms with van der Waals surface area (Å²) < 4.78 is 19.2. The fourth-order valence-electron chi connectivity index (χ4n) is 2.88. The Kier molecular flexibility index (Phi) is 3.87. The lowest BCUT2D eigenvalue weighted by molar-refractivity contribution is -0.122. The van der Waals surface area contributed by atoms with E-state index in [0.717, 1.165) is 30.6 Å². The monoisotopic (exact) mass is 278 g/mol. The molecule has 108 valence electrons. The van der Waals surface area contributed by atoms with Crippen LogP contribution in [0.1, 0.15) is 37.3 Å². The Balaban J connectivity index is 1.76. The number of piperidine rings is 1. The second kappa shape index (κ2) is 5.79. The number of benzene rings is 1. The van der Waals surface area contributed by atoms with Crippen LogP contribution >= 0.6 is 0 Å². The van der Waals surface area contributed by atoms with Crippen LogP contribution in [0.2, 0.25) is 0 Å². The van der Waals surface area contributed by atoms with Crippen LogP contribution in [0.25, 0.3) is 0 Å². The molecule has 0 aromatic heterocycles. The minimum absolute atomic E-state index is 0.0863. The Morgan fingerprint density at radius 1 is 1.35 bits per heavy atom. The highest BCUT2D eigenvalue weighted by molar-refractivity contribution is 5.76. The van der Waals surface area contributed by atoms with Gasteiger partial charge in [-0.15, -0.1) is 0 Å². The first-order valence-electron chi connectivity index (χ1n) is 7.17. The van der Waals surface area contributed by atoms with Gasteiger partial charge in [0.2, 0.25) is 5.91 Å². The lowest BCUT2D eigenvalue weighted by atomic mass is 9.98. The van der Waals surface area contributed by atoms with Gasteiger partial charge in [-0.25, -0.2) is 4.39 Å². The number of hydrogen-bond donors (Lipinski definition) is 2. The van der Waals surface area contributed by atoms with Gasteiger partial charge in [0.1, 0.15) is 11.6 Å². The summed E-state index contributed by atoms with van der Waals surface area (Å²) in [6.07, 6.45) is 3.23. The van der Waals surface area contributed by atoms with E-state index in [9.17, 15) is 9.18 Å². The Morgan fingerprint density at radius 3 is 3.05 bits per heavy atom. The molecule has 3 rings (SSSR count). The number of carbonyl (C=O) groups is 1. The average molecular weight is 278 g/mol. The molecule has 1 aromatic rings. The predicted molar refractivity (Wildman–Crippen MR) is 73.0 cm³/mol. The van der Waals surface area contributed by atoms with Gasteiger partial charge in [0.25, 0.3) is 0 Å². The van der Waals surface area contributed by atoms with Crippen molar-refractivity contribution >= 4 is 5.91 Å². The van der Waals surface area contributed by atoms with Gasteiger partial charge >= 0.3 is 0 Å². The summed E-state index contributed by atoms with van der Waals surface area (Å²) in [6.45, 7) is 1.30. The predicted octanol–water partition coefficient (Wildman–Crippen LogP) is 1.91. The molecule has 2 atom stereocenters. The smallest absolute Gasteiger partial charge is 0.220 e. The standard InChI is InChI=1S/C15H19FN2O2/c16-10-3-5-14-12(8-10)13(2-1-7-20-14)18-11-4-6-15(19)17-9-11/h3,5,8,11,13,18H,1-2,4,6-7,9H2,(H,17,19). The Labute approximate surface area is 117 Å². The van der Waals surface area contributed by atoms with Crippen LogP contribution in [0, 0.1) is 5.82 Å². The van der Waals surface area contributed by atoms with Gasteiger partial charge in [-0.2, -0.15) is 0 Å². The number of halogens is 1. The van der Waals surface area contributed by atoms with Crippen molar-refractivity contribution in [2.24, 2.45) is 0 Å². The Morgan fingerprint density at radius 2 is 2.25 bits per heavy atom. The molecule has 0 bridgehead atoms. The van der Waals surface area contributed by atoms with Gasteiger partial charge in [0, 0.05) is 30.6 Å². The van der Waals surface area contributed by atoms with Crippen molar-refractivity contribution in [2.45, 2.75) is 37.8 Å². The fraction of sp³-hybridized carbons (Fsp3) is 0.533. The van der Waals surface area contributed by atoms with Crippen molar-refractivity contribution in [2.75, 3.05) is 13.2 Å². The molecule has 0 saturated carbocycles. The van der Waals surface area contributed by atoms with Gasteiger partial charge in [-0.3, -0.25) is 4.79 Å². The maximum Gasteiger partial charge on any atom is 0.220 e. The molecule has 4 nitrogen and oxygen atoms in total. The molecule has 1 amide bonds. The van der Waals surface area contributed by atoms with E-state index in [1.807, 2.05) is 0 Å². The topological polar surface area (TPSA) is 50.4 Å². The van der Waals surface area contributed by atoms with Gasteiger partial charge in [-0.05, 0) is 37.5 Å². The first kappa shape index (κ1) is 13.4. The summed E-state index contributed by atoms with van der Waals surface area (Å²) in [5.74, 6) is 0.637. The van der Waals surface area contributed by atoms with Crippen LogP contribution in [-0.2, 0) is 4.79 Å². The van der Waals surface area contributed by atoms with Gasteiger partial charge in [0.05, 0.1) is 6.61 Å². The SMILES string of the molecule is O=C1CCC(NC2CCCOc3ccc(F)cc32)CN1. The molecule has 2 N–H and O–H groups in total. The van der Waals surface area contributed by atoms with E-state index in [1.165, 1.54) is 6.07 Å². The molecule has 5 heteroatoms. The van der Waals surface area contributed by atoms with Crippen LogP contribution in [0.4, 0.5) is 4.39 Å². The lowest BCUT2D eigenvalue weighted by Crippen LogP contribution is -2.46. The lowest BCUT2D eigenvalue weighted by Gasteiger charge is -2.28. The molecule has 1 aromatic carbocycles. The molecule has 20 heavy (non-hydrogen) atoms. The maximum atomic E-state index is 13.5. The number of fused-ring (bicyclic) bond motifs is 1. The van der Waals surface area contributed by atoms with Gasteiger partial charge in [0.15, 0.2) is 0 Å². The molecule has 0 radical (unpaired) electrons. The van der Waals surface area contributed by atoms with Crippen LogP contribution in [-0.4, -0.2) is 25.1 Å². The van der Waals surface area contributed by atoms with Gasteiger partial charge in [-0.1, -0.05) is 0 Å². The third kappa shape index (κ3) is 2.93. The average Bonchev–Trinajstić information content (AvgIpc) is 2.64. The van der Waals surface area contributed by atoms with Crippen molar-refractivity contribution in [3.63, 3.8) is 0 Å². The number of nitrogens with one attached hydrogen (secondary N) is 2. The molecule has 2 unspecified atom stereocenters. The van der Waals surface area contributed by atoms with Crippen LogP contribution in [0.3, 0.4) is 0 Å². The Hall–Kier alpha value is -1.62. The molecule has 2 heterocycles. The second-order valence-electron chi connectivity index (χ2n) is 5.43. The largest absolute Gasteiger partial charge is 0.493 e. The molecule has 1 fully saturated rings. The van der Waals surface area contributed by atoms with Crippen LogP contribution in [0.15, 0.2) is 18.2 Å². The summed E-state index contributed by atoms with van der Waals surface area (Å²) in [7, 11) is 0. The summed E-state index contributed by atoms with van der Waals surface area (Å²) in [5.41, 5.74) is 0.888. The molecular weight excluding hydrogens is 259 g/mol. The molecule has 2 aliphatic rings. The van der Waals surface area contributed by atoms with E-state index in [-0.39, 0.29) is 23.8 Å². The molecule has 0 spiro atoms. The number of ether oxygens (including phenoxy) is 1. The summed E-state index contributed by atoms with van der Waals surface area (Å²) in [6, 6.07) is 5.02. The third-order valence-corrected chi connectivity index (χ3v) is 3.94. The minimum atomic E-state index is -0.238. The number of amides is 1. The van der Waals surface area contributed by atoms with E-state index in [0.29, 0.717) is 19.6 Å². The summed E-state index contributed by atoms with van der Waals surface area (Å²) >= 11 is 0. The van der Waals surface area contributed by atoms with E-state index >= 15 is 0 Å². The van der Waals surface area contributed by atoms with Crippen molar-refractivity contribution in [1.29, 1.82) is 0 Å². The maximum absolute atomic E-state index is 13.5. The van der Waals surface area contributed by atoms with Crippen molar-refractivity contribution < 1.29 is 13.9 Å². The summed E-state index contributed by atoms with van der Waals surface area (Å²) in [4.78, 5) is 11.2. The number of carbonyl (C=O) groups excluding carboxylic acids is 1. The molecule has 1 saturated heterocycles. The third-order valence-electron chi connectivity index (χ3n) is 3.94. The highest BCUT2D eigenvalue weighted by atomic mass is 19.1. The quantitative estimate of drug-likeness (QED) is 0.869. The Bertz CT molecular complexity index is 497. The van der Waals surface area contributed by atoms with Crippen molar-refractivity contribution in [3.05, 3.63) is 29.6 Å². The molecule has 0 aliphatic carbocycles. The van der Waals surface area contributed by atoms with Crippen LogP contribution < -0.4 is 15.4 Å². The second-order valence-corrected chi connectivity index (χ2v) is 5.43. The van der Waals surface area contributed by atoms with Crippen LogP contribution in [0.5, 0.6) is 5.75 Å². The van der Waals surface area contributed by atoms with Gasteiger partial charge < -0.3 is 15.4 Å².